The number of amides is 4. The van der Waals surface area contributed by atoms with E-state index in [0.29, 0.717) is 6.42 Å². The zero-order valence-corrected chi connectivity index (χ0v) is 17.7. The van der Waals surface area contributed by atoms with Crippen LogP contribution in [0, 0.1) is 0 Å². The van der Waals surface area contributed by atoms with Gasteiger partial charge in [0.15, 0.2) is 0 Å². The summed E-state index contributed by atoms with van der Waals surface area (Å²) in [7, 11) is 0. The van der Waals surface area contributed by atoms with E-state index in [-0.39, 0.29) is 30.4 Å². The summed E-state index contributed by atoms with van der Waals surface area (Å²) in [5, 5.41) is 2.88. The Morgan fingerprint density at radius 2 is 1.64 bits per heavy atom. The summed E-state index contributed by atoms with van der Waals surface area (Å²) in [5.41, 5.74) is -0.337. The van der Waals surface area contributed by atoms with Gasteiger partial charge in [-0.05, 0) is 38.7 Å². The molecule has 0 bridgehead atoms. The highest BCUT2D eigenvalue weighted by Crippen LogP contribution is 2.33. The highest BCUT2D eigenvalue weighted by atomic mass is 16.2. The lowest BCUT2D eigenvalue weighted by molar-refractivity contribution is -0.142. The van der Waals surface area contributed by atoms with Crippen molar-refractivity contribution in [2.24, 2.45) is 0 Å². The fraction of sp³-hybridized carbons (Fsp3) is 0.591. The van der Waals surface area contributed by atoms with Crippen LogP contribution < -0.4 is 5.32 Å². The zero-order chi connectivity index (χ0) is 20.9. The van der Waals surface area contributed by atoms with E-state index >= 15 is 0 Å². The number of hydrogen-bond donors (Lipinski definition) is 1. The van der Waals surface area contributed by atoms with E-state index < -0.39 is 11.6 Å². The van der Waals surface area contributed by atoms with E-state index in [4.69, 9.17) is 0 Å². The first-order chi connectivity index (χ1) is 13.3. The second-order valence-electron chi connectivity index (χ2n) is 7.66. The summed E-state index contributed by atoms with van der Waals surface area (Å²) in [6, 6.07) is 8.90. The van der Waals surface area contributed by atoms with Crippen LogP contribution in [0.1, 0.15) is 65.9 Å². The van der Waals surface area contributed by atoms with Crippen LogP contribution in [0.5, 0.6) is 0 Å². The molecule has 1 aliphatic rings. The van der Waals surface area contributed by atoms with Crippen LogP contribution in [0.4, 0.5) is 4.79 Å². The third-order valence-corrected chi connectivity index (χ3v) is 5.78. The highest BCUT2D eigenvalue weighted by Gasteiger charge is 2.52. The van der Waals surface area contributed by atoms with Gasteiger partial charge in [0.25, 0.3) is 5.91 Å². The molecule has 0 spiro atoms. The Morgan fingerprint density at radius 3 is 2.14 bits per heavy atom. The number of carbonyl (C=O) groups excluding carboxylic acids is 3. The second-order valence-corrected chi connectivity index (χ2v) is 7.66. The maximum atomic E-state index is 13.3. The lowest BCUT2D eigenvalue weighted by Gasteiger charge is -2.35. The van der Waals surface area contributed by atoms with E-state index in [9.17, 15) is 14.4 Å². The van der Waals surface area contributed by atoms with Crippen LogP contribution in [0.2, 0.25) is 0 Å². The minimum atomic E-state index is -1.09. The predicted octanol–water partition coefficient (Wildman–Crippen LogP) is 3.66. The average molecular weight is 388 g/mol. The second kappa shape index (κ2) is 9.22. The maximum Gasteiger partial charge on any atom is 0.325 e. The lowest BCUT2D eigenvalue weighted by Crippen LogP contribution is -2.50. The van der Waals surface area contributed by atoms with Gasteiger partial charge in [-0.3, -0.25) is 14.5 Å². The lowest BCUT2D eigenvalue weighted by atomic mass is 9.85. The summed E-state index contributed by atoms with van der Waals surface area (Å²) in [5.74, 6) is -0.528. The van der Waals surface area contributed by atoms with Gasteiger partial charge in [0.05, 0.1) is 0 Å². The van der Waals surface area contributed by atoms with Crippen LogP contribution in [-0.2, 0) is 15.1 Å². The Morgan fingerprint density at radius 1 is 1.07 bits per heavy atom. The quantitative estimate of drug-likeness (QED) is 0.658. The molecule has 3 atom stereocenters. The third-order valence-electron chi connectivity index (χ3n) is 5.78. The van der Waals surface area contributed by atoms with Gasteiger partial charge in [-0.15, -0.1) is 0 Å². The number of hydrogen-bond acceptors (Lipinski definition) is 3. The van der Waals surface area contributed by atoms with Crippen LogP contribution >= 0.6 is 0 Å². The van der Waals surface area contributed by atoms with Gasteiger partial charge in [-0.25, -0.2) is 4.79 Å². The average Bonchev–Trinajstić information content (AvgIpc) is 2.93. The van der Waals surface area contributed by atoms with Gasteiger partial charge < -0.3 is 10.2 Å². The Bertz CT molecular complexity index is 696. The number of urea groups is 1. The first-order valence-electron chi connectivity index (χ1n) is 10.3. The van der Waals surface area contributed by atoms with E-state index in [1.54, 1.807) is 0 Å². The molecule has 4 amide bonds. The molecule has 6 nitrogen and oxygen atoms in total. The largest absolute Gasteiger partial charge is 0.336 e. The Labute approximate surface area is 168 Å². The first kappa shape index (κ1) is 21.9. The topological polar surface area (TPSA) is 69.7 Å². The van der Waals surface area contributed by atoms with Crippen LogP contribution in [0.25, 0.3) is 0 Å². The summed E-state index contributed by atoms with van der Waals surface area (Å²) < 4.78 is 0. The van der Waals surface area contributed by atoms with E-state index in [1.807, 2.05) is 69.9 Å². The summed E-state index contributed by atoms with van der Waals surface area (Å²) >= 11 is 0. The fourth-order valence-corrected chi connectivity index (χ4v) is 3.91. The van der Waals surface area contributed by atoms with Crippen molar-refractivity contribution in [2.75, 3.05) is 6.54 Å². The fourth-order valence-electron chi connectivity index (χ4n) is 3.91. The SMILES string of the molecule is CCC[C@@]1(c2ccccc2)NC(=O)N(CC(=O)N([C@H](C)CC)[C@@H](C)CC)C1=O. The normalized spacial score (nSPS) is 21.4. The number of rotatable bonds is 9. The van der Waals surface area contributed by atoms with Crippen LogP contribution in [0.3, 0.4) is 0 Å². The molecule has 0 aromatic heterocycles. The van der Waals surface area contributed by atoms with E-state index in [2.05, 4.69) is 5.32 Å². The molecule has 1 fully saturated rings. The van der Waals surface area contributed by atoms with Crippen molar-refractivity contribution in [2.45, 2.75) is 77.9 Å². The smallest absolute Gasteiger partial charge is 0.325 e. The molecule has 28 heavy (non-hydrogen) atoms. The first-order valence-corrected chi connectivity index (χ1v) is 10.3. The molecule has 1 heterocycles. The number of nitrogens with one attached hydrogen (secondary N) is 1. The van der Waals surface area contributed by atoms with Crippen molar-refractivity contribution in [3.05, 3.63) is 35.9 Å². The highest BCUT2D eigenvalue weighted by molar-refractivity contribution is 6.09. The molecule has 1 aliphatic heterocycles. The van der Waals surface area contributed by atoms with Gasteiger partial charge in [-0.2, -0.15) is 0 Å². The van der Waals surface area contributed by atoms with Crippen molar-refractivity contribution in [3.63, 3.8) is 0 Å². The summed E-state index contributed by atoms with van der Waals surface area (Å²) in [6.45, 7) is 9.82. The molecule has 0 aliphatic carbocycles. The minimum absolute atomic E-state index is 0.0535. The number of nitrogens with zero attached hydrogens (tertiary/aromatic N) is 2. The van der Waals surface area contributed by atoms with Crippen molar-refractivity contribution >= 4 is 17.8 Å². The number of imide groups is 1. The van der Waals surface area contributed by atoms with Crippen LogP contribution in [-0.4, -0.2) is 46.3 Å². The van der Waals surface area contributed by atoms with Crippen molar-refractivity contribution in [3.8, 4) is 0 Å². The Hall–Kier alpha value is -2.37. The monoisotopic (exact) mass is 387 g/mol. The molecule has 0 saturated carbocycles. The van der Waals surface area contributed by atoms with Gasteiger partial charge in [0.2, 0.25) is 5.91 Å². The van der Waals surface area contributed by atoms with Gasteiger partial charge in [0.1, 0.15) is 12.1 Å². The molecule has 6 heteroatoms. The van der Waals surface area contributed by atoms with Gasteiger partial charge >= 0.3 is 6.03 Å². The van der Waals surface area contributed by atoms with E-state index in [1.165, 1.54) is 0 Å². The van der Waals surface area contributed by atoms with E-state index in [0.717, 1.165) is 29.7 Å². The molecular formula is C22H33N3O3. The molecule has 0 radical (unpaired) electrons. The molecule has 1 aromatic carbocycles. The zero-order valence-electron chi connectivity index (χ0n) is 17.7. The molecular weight excluding hydrogens is 354 g/mol. The molecule has 1 saturated heterocycles. The number of benzene rings is 1. The van der Waals surface area contributed by atoms with Crippen molar-refractivity contribution in [1.29, 1.82) is 0 Å². The summed E-state index contributed by atoms with van der Waals surface area (Å²) in [6.07, 6.45) is 2.86. The van der Waals surface area contributed by atoms with Crippen LogP contribution in [0.15, 0.2) is 30.3 Å². The molecule has 1 aromatic rings. The Kier molecular flexibility index (Phi) is 7.22. The molecule has 2 rings (SSSR count). The summed E-state index contributed by atoms with van der Waals surface area (Å²) in [4.78, 5) is 42.0. The van der Waals surface area contributed by atoms with Crippen molar-refractivity contribution < 1.29 is 14.4 Å². The molecule has 154 valence electrons. The third kappa shape index (κ3) is 4.05. The Balaban J connectivity index is 2.30. The molecule has 1 N–H and O–H groups in total. The van der Waals surface area contributed by atoms with Gasteiger partial charge in [-0.1, -0.05) is 57.5 Å². The van der Waals surface area contributed by atoms with Gasteiger partial charge in [0, 0.05) is 12.1 Å². The minimum Gasteiger partial charge on any atom is -0.336 e. The standard InChI is InChI=1S/C22H33N3O3/c1-6-14-22(18-12-10-9-11-13-18)20(27)24(21(28)23-22)15-19(26)25(16(4)7-2)17(5)8-3/h9-13,16-17H,6-8,14-15H2,1-5H3,(H,23,28)/t16-,17+,22-/m0/s1. The predicted molar refractivity (Wildman–Crippen MR) is 110 cm³/mol. The van der Waals surface area contributed by atoms with Crippen molar-refractivity contribution in [1.82, 2.24) is 15.1 Å². The number of carbonyl (C=O) groups is 3. The maximum absolute atomic E-state index is 13.3. The molecule has 0 unspecified atom stereocenters.